The van der Waals surface area contributed by atoms with E-state index in [1.54, 1.807) is 24.3 Å². The lowest BCUT2D eigenvalue weighted by Gasteiger charge is -2.19. The van der Waals surface area contributed by atoms with Gasteiger partial charge in [-0.1, -0.05) is 22.0 Å². The number of carboxylic acids is 1. The zero-order valence-electron chi connectivity index (χ0n) is 11.0. The van der Waals surface area contributed by atoms with Gasteiger partial charge >= 0.3 is 5.97 Å². The molecule has 7 heteroatoms. The zero-order chi connectivity index (χ0) is 15.6. The molecular formula is C14H12BrNO4S. The molecule has 1 N–H and O–H groups in total. The van der Waals surface area contributed by atoms with Gasteiger partial charge < -0.3 is 5.11 Å². The van der Waals surface area contributed by atoms with Crippen molar-refractivity contribution >= 4 is 37.6 Å². The molecule has 21 heavy (non-hydrogen) atoms. The number of sulfonamides is 1. The number of rotatable bonds is 4. The Bertz CT molecular complexity index is 772. The van der Waals surface area contributed by atoms with Crippen molar-refractivity contribution in [2.75, 3.05) is 11.4 Å². The molecule has 0 aliphatic rings. The van der Waals surface area contributed by atoms with E-state index < -0.39 is 16.0 Å². The van der Waals surface area contributed by atoms with E-state index in [0.717, 1.165) is 14.8 Å². The molecule has 5 nitrogen and oxygen atoms in total. The largest absolute Gasteiger partial charge is 0.478 e. The molecule has 0 bridgehead atoms. The number of carboxylic acid groups (broad SMARTS) is 1. The van der Waals surface area contributed by atoms with Crippen LogP contribution in [0.4, 0.5) is 5.69 Å². The summed E-state index contributed by atoms with van der Waals surface area (Å²) in [6, 6.07) is 12.0. The van der Waals surface area contributed by atoms with Gasteiger partial charge in [-0.2, -0.15) is 0 Å². The van der Waals surface area contributed by atoms with E-state index in [1.165, 1.54) is 25.2 Å². The third kappa shape index (κ3) is 3.25. The molecule has 0 saturated carbocycles. The maximum absolute atomic E-state index is 12.5. The Labute approximate surface area is 131 Å². The summed E-state index contributed by atoms with van der Waals surface area (Å²) in [4.78, 5) is 10.9. The summed E-state index contributed by atoms with van der Waals surface area (Å²) >= 11 is 3.28. The lowest BCUT2D eigenvalue weighted by Crippen LogP contribution is -2.26. The highest BCUT2D eigenvalue weighted by Gasteiger charge is 2.22. The van der Waals surface area contributed by atoms with Crippen LogP contribution in [0.2, 0.25) is 0 Å². The molecule has 0 fully saturated rings. The SMILES string of the molecule is CN(c1ccc(Br)cc1)S(=O)(=O)c1cccc(C(=O)O)c1. The van der Waals surface area contributed by atoms with Gasteiger partial charge in [0.1, 0.15) is 0 Å². The number of benzene rings is 2. The number of halogens is 1. The Kier molecular flexibility index (Phi) is 4.34. The van der Waals surface area contributed by atoms with Crippen LogP contribution in [0.1, 0.15) is 10.4 Å². The fourth-order valence-electron chi connectivity index (χ4n) is 1.74. The molecule has 2 aromatic carbocycles. The van der Waals surface area contributed by atoms with Gasteiger partial charge in [0.15, 0.2) is 0 Å². The van der Waals surface area contributed by atoms with Crippen molar-refractivity contribution in [1.82, 2.24) is 0 Å². The number of hydrogen-bond donors (Lipinski definition) is 1. The van der Waals surface area contributed by atoms with Gasteiger partial charge in [-0.05, 0) is 42.5 Å². The molecule has 0 heterocycles. The number of nitrogens with zero attached hydrogens (tertiary/aromatic N) is 1. The fourth-order valence-corrected chi connectivity index (χ4v) is 3.24. The molecule has 2 aromatic rings. The van der Waals surface area contributed by atoms with Gasteiger partial charge in [0.05, 0.1) is 16.1 Å². The third-order valence-electron chi connectivity index (χ3n) is 2.93. The quantitative estimate of drug-likeness (QED) is 0.898. The topological polar surface area (TPSA) is 74.7 Å². The Morgan fingerprint density at radius 2 is 1.76 bits per heavy atom. The molecule has 0 unspecified atom stereocenters. The van der Waals surface area contributed by atoms with E-state index in [0.29, 0.717) is 5.69 Å². The van der Waals surface area contributed by atoms with Gasteiger partial charge in [-0.3, -0.25) is 4.31 Å². The molecule has 0 atom stereocenters. The molecule has 0 amide bonds. The minimum atomic E-state index is -3.81. The second-order valence-electron chi connectivity index (χ2n) is 4.28. The Balaban J connectivity index is 2.44. The van der Waals surface area contributed by atoms with Crippen molar-refractivity contribution < 1.29 is 18.3 Å². The van der Waals surface area contributed by atoms with Gasteiger partial charge in [0.2, 0.25) is 0 Å². The second-order valence-corrected chi connectivity index (χ2v) is 7.17. The summed E-state index contributed by atoms with van der Waals surface area (Å²) in [5.41, 5.74) is 0.416. The first kappa shape index (κ1) is 15.5. The smallest absolute Gasteiger partial charge is 0.335 e. The molecular weight excluding hydrogens is 358 g/mol. The summed E-state index contributed by atoms with van der Waals surface area (Å²) in [6.45, 7) is 0. The normalized spacial score (nSPS) is 11.1. The minimum absolute atomic E-state index is 0.0622. The summed E-state index contributed by atoms with van der Waals surface area (Å²) in [6.07, 6.45) is 0. The van der Waals surface area contributed by atoms with E-state index in [9.17, 15) is 13.2 Å². The van der Waals surface area contributed by atoms with E-state index in [4.69, 9.17) is 5.11 Å². The van der Waals surface area contributed by atoms with Crippen molar-refractivity contribution in [1.29, 1.82) is 0 Å². The first-order chi connectivity index (χ1) is 9.82. The van der Waals surface area contributed by atoms with Crippen LogP contribution in [0.25, 0.3) is 0 Å². The lowest BCUT2D eigenvalue weighted by molar-refractivity contribution is 0.0696. The molecule has 0 aliphatic carbocycles. The van der Waals surface area contributed by atoms with Crippen molar-refractivity contribution in [3.63, 3.8) is 0 Å². The van der Waals surface area contributed by atoms with Gasteiger partial charge in [-0.15, -0.1) is 0 Å². The molecule has 2 rings (SSSR count). The van der Waals surface area contributed by atoms with Crippen LogP contribution in [-0.2, 0) is 10.0 Å². The highest BCUT2D eigenvalue weighted by Crippen LogP contribution is 2.24. The average molecular weight is 370 g/mol. The van der Waals surface area contributed by atoms with Crippen molar-refractivity contribution in [3.05, 3.63) is 58.6 Å². The van der Waals surface area contributed by atoms with Crippen LogP contribution in [0.3, 0.4) is 0 Å². The van der Waals surface area contributed by atoms with Crippen molar-refractivity contribution in [2.24, 2.45) is 0 Å². The van der Waals surface area contributed by atoms with Gasteiger partial charge in [0.25, 0.3) is 10.0 Å². The third-order valence-corrected chi connectivity index (χ3v) is 5.24. The van der Waals surface area contributed by atoms with Crippen molar-refractivity contribution in [3.8, 4) is 0 Å². The summed E-state index contributed by atoms with van der Waals surface area (Å²) < 4.78 is 27.0. The minimum Gasteiger partial charge on any atom is -0.478 e. The number of aromatic carboxylic acids is 1. The zero-order valence-corrected chi connectivity index (χ0v) is 13.4. The van der Waals surface area contributed by atoms with E-state index >= 15 is 0 Å². The Morgan fingerprint density at radius 3 is 2.33 bits per heavy atom. The predicted octanol–water partition coefficient (Wildman–Crippen LogP) is 2.97. The second kappa shape index (κ2) is 5.87. The highest BCUT2D eigenvalue weighted by atomic mass is 79.9. The predicted molar refractivity (Wildman–Crippen MR) is 83.1 cm³/mol. The fraction of sp³-hybridized carbons (Fsp3) is 0.0714. The summed E-state index contributed by atoms with van der Waals surface area (Å²) in [5, 5.41) is 8.95. The van der Waals surface area contributed by atoms with Gasteiger partial charge in [-0.25, -0.2) is 13.2 Å². The van der Waals surface area contributed by atoms with Crippen LogP contribution >= 0.6 is 15.9 Å². The van der Waals surface area contributed by atoms with Crippen LogP contribution in [-0.4, -0.2) is 26.5 Å². The Morgan fingerprint density at radius 1 is 1.14 bits per heavy atom. The van der Waals surface area contributed by atoms with Gasteiger partial charge in [0, 0.05) is 11.5 Å². The maximum atomic E-state index is 12.5. The molecule has 0 aromatic heterocycles. The number of hydrogen-bond acceptors (Lipinski definition) is 3. The van der Waals surface area contributed by atoms with Crippen LogP contribution < -0.4 is 4.31 Å². The molecule has 0 radical (unpaired) electrons. The Hall–Kier alpha value is -1.86. The molecule has 0 spiro atoms. The van der Waals surface area contributed by atoms with E-state index in [1.807, 2.05) is 0 Å². The molecule has 0 aliphatic heterocycles. The van der Waals surface area contributed by atoms with E-state index in [-0.39, 0.29) is 10.5 Å². The summed E-state index contributed by atoms with van der Waals surface area (Å²) in [5.74, 6) is -1.17. The average Bonchev–Trinajstić information content (AvgIpc) is 2.47. The number of anilines is 1. The molecule has 0 saturated heterocycles. The van der Waals surface area contributed by atoms with Crippen LogP contribution in [0, 0.1) is 0 Å². The summed E-state index contributed by atoms with van der Waals surface area (Å²) in [7, 11) is -2.38. The maximum Gasteiger partial charge on any atom is 0.335 e. The van der Waals surface area contributed by atoms with Crippen LogP contribution in [0.5, 0.6) is 0 Å². The van der Waals surface area contributed by atoms with Crippen LogP contribution in [0.15, 0.2) is 57.9 Å². The highest BCUT2D eigenvalue weighted by molar-refractivity contribution is 9.10. The lowest BCUT2D eigenvalue weighted by atomic mass is 10.2. The standard InChI is InChI=1S/C14H12BrNO4S/c1-16(12-7-5-11(15)6-8-12)21(19,20)13-4-2-3-10(9-13)14(17)18/h2-9H,1H3,(H,17,18). The first-order valence-corrected chi connectivity index (χ1v) is 8.13. The molecule has 110 valence electrons. The van der Waals surface area contributed by atoms with Crippen molar-refractivity contribution in [2.45, 2.75) is 4.90 Å². The number of carbonyl (C=O) groups is 1. The first-order valence-electron chi connectivity index (χ1n) is 5.90. The van der Waals surface area contributed by atoms with E-state index in [2.05, 4.69) is 15.9 Å². The monoisotopic (exact) mass is 369 g/mol.